The lowest BCUT2D eigenvalue weighted by atomic mass is 10.2. The fourth-order valence-corrected chi connectivity index (χ4v) is 4.30. The number of anilines is 2. The van der Waals surface area contributed by atoms with Gasteiger partial charge in [0.1, 0.15) is 12.4 Å². The number of hydrogen-bond donors (Lipinski definition) is 1. The number of ether oxygens (including phenoxy) is 4. The van der Waals surface area contributed by atoms with E-state index in [1.807, 2.05) is 55.1 Å². The van der Waals surface area contributed by atoms with Crippen molar-refractivity contribution in [3.05, 3.63) is 36.4 Å². The summed E-state index contributed by atoms with van der Waals surface area (Å²) in [5, 5.41) is 0.712. The first-order chi connectivity index (χ1) is 17.1. The number of amides is 1. The van der Waals surface area contributed by atoms with Crippen LogP contribution in [-0.4, -0.2) is 72.9 Å². The highest BCUT2D eigenvalue weighted by atomic mass is 16.6. The first kappa shape index (κ1) is 22.8. The number of piperazine rings is 1. The molecule has 0 aliphatic carbocycles. The molecule has 3 aromatic rings. The van der Waals surface area contributed by atoms with Crippen molar-refractivity contribution in [1.82, 2.24) is 14.9 Å². The predicted molar refractivity (Wildman–Crippen MR) is 131 cm³/mol. The normalized spacial score (nSPS) is 17.4. The van der Waals surface area contributed by atoms with Gasteiger partial charge in [-0.15, -0.1) is 0 Å². The molecule has 10 heteroatoms. The molecule has 0 radical (unpaired) electrons. The molecule has 1 saturated heterocycles. The number of hydrogen-bond acceptors (Lipinski definition) is 9. The summed E-state index contributed by atoms with van der Waals surface area (Å²) in [5.41, 5.74) is 6.98. The Morgan fingerprint density at radius 1 is 1.03 bits per heavy atom. The lowest BCUT2D eigenvalue weighted by molar-refractivity contribution is -0.141. The highest BCUT2D eigenvalue weighted by molar-refractivity contribution is 5.91. The van der Waals surface area contributed by atoms with Crippen LogP contribution in [-0.2, 0) is 4.79 Å². The first-order valence-electron chi connectivity index (χ1n) is 11.9. The summed E-state index contributed by atoms with van der Waals surface area (Å²) in [6, 6.07) is 11.0. The standard InChI is InChI=1S/C25H29N5O5/c1-3-32-20-13-16-17(14-21(20)33-4-2)27-25(28-23(16)26)30-11-9-29(10-12-30)24(31)22-15-34-18-7-5-6-8-19(18)35-22/h5-8,13-14,22H,3-4,9-12,15H2,1-2H3,(H2,26,27,28). The maximum atomic E-state index is 13.0. The Balaban J connectivity index is 1.29. The molecule has 1 amide bonds. The van der Waals surface area contributed by atoms with Crippen LogP contribution in [0.1, 0.15) is 13.8 Å². The third-order valence-corrected chi connectivity index (χ3v) is 6.04. The number of rotatable bonds is 6. The molecule has 1 atom stereocenters. The smallest absolute Gasteiger partial charge is 0.267 e. The van der Waals surface area contributed by atoms with Gasteiger partial charge in [-0.3, -0.25) is 4.79 Å². The van der Waals surface area contributed by atoms with Gasteiger partial charge in [0.2, 0.25) is 12.1 Å². The Morgan fingerprint density at radius 3 is 2.43 bits per heavy atom. The van der Waals surface area contributed by atoms with Crippen molar-refractivity contribution in [3.63, 3.8) is 0 Å². The van der Waals surface area contributed by atoms with E-state index >= 15 is 0 Å². The average molecular weight is 480 g/mol. The molecule has 1 aromatic heterocycles. The molecular weight excluding hydrogens is 450 g/mol. The third-order valence-electron chi connectivity index (χ3n) is 6.04. The molecule has 0 bridgehead atoms. The second-order valence-electron chi connectivity index (χ2n) is 8.27. The van der Waals surface area contributed by atoms with Crippen molar-refractivity contribution in [2.45, 2.75) is 20.0 Å². The zero-order chi connectivity index (χ0) is 24.4. The van der Waals surface area contributed by atoms with Gasteiger partial charge in [0.25, 0.3) is 5.91 Å². The summed E-state index contributed by atoms with van der Waals surface area (Å²) < 4.78 is 23.0. The van der Waals surface area contributed by atoms with Crippen LogP contribution >= 0.6 is 0 Å². The summed E-state index contributed by atoms with van der Waals surface area (Å²) in [6.07, 6.45) is -0.652. The van der Waals surface area contributed by atoms with E-state index in [0.717, 1.165) is 0 Å². The van der Waals surface area contributed by atoms with Crippen molar-refractivity contribution in [3.8, 4) is 23.0 Å². The quantitative estimate of drug-likeness (QED) is 0.570. The highest BCUT2D eigenvalue weighted by Gasteiger charge is 2.33. The Bertz CT molecular complexity index is 1230. The minimum absolute atomic E-state index is 0.0806. The third kappa shape index (κ3) is 4.55. The van der Waals surface area contributed by atoms with Crippen LogP contribution in [0.15, 0.2) is 36.4 Å². The number of carbonyl (C=O) groups is 1. The Kier molecular flexibility index (Phi) is 6.35. The van der Waals surface area contributed by atoms with E-state index in [0.29, 0.717) is 85.1 Å². The molecule has 0 saturated carbocycles. The molecule has 35 heavy (non-hydrogen) atoms. The lowest BCUT2D eigenvalue weighted by Gasteiger charge is -2.37. The van der Waals surface area contributed by atoms with Gasteiger partial charge >= 0.3 is 0 Å². The van der Waals surface area contributed by atoms with Gasteiger partial charge in [-0.25, -0.2) is 4.98 Å². The van der Waals surface area contributed by atoms with E-state index in [1.165, 1.54) is 0 Å². The number of carbonyl (C=O) groups excluding carboxylic acids is 1. The molecule has 2 aliphatic rings. The molecule has 2 N–H and O–H groups in total. The molecule has 0 spiro atoms. The zero-order valence-corrected chi connectivity index (χ0v) is 19.9. The fourth-order valence-electron chi connectivity index (χ4n) is 4.30. The second-order valence-corrected chi connectivity index (χ2v) is 8.27. The number of nitrogens with two attached hydrogens (primary N) is 1. The highest BCUT2D eigenvalue weighted by Crippen LogP contribution is 2.35. The SMILES string of the molecule is CCOc1cc2nc(N3CCN(C(=O)C4COc5ccccc5O4)CC3)nc(N)c2cc1OCC. The number of nitrogens with zero attached hydrogens (tertiary/aromatic N) is 4. The van der Waals surface area contributed by atoms with Crippen LogP contribution in [0.3, 0.4) is 0 Å². The molecule has 3 heterocycles. The molecular formula is C25H29N5O5. The van der Waals surface area contributed by atoms with Crippen LogP contribution in [0, 0.1) is 0 Å². The van der Waals surface area contributed by atoms with E-state index in [-0.39, 0.29) is 12.5 Å². The van der Waals surface area contributed by atoms with Gasteiger partial charge in [-0.1, -0.05) is 12.1 Å². The van der Waals surface area contributed by atoms with Crippen LogP contribution in [0.5, 0.6) is 23.0 Å². The van der Waals surface area contributed by atoms with Crippen LogP contribution < -0.4 is 29.6 Å². The lowest BCUT2D eigenvalue weighted by Crippen LogP contribution is -2.54. The monoisotopic (exact) mass is 479 g/mol. The maximum absolute atomic E-state index is 13.0. The van der Waals surface area contributed by atoms with Crippen molar-refractivity contribution in [2.75, 3.05) is 56.6 Å². The van der Waals surface area contributed by atoms with Gasteiger partial charge in [-0.2, -0.15) is 4.98 Å². The van der Waals surface area contributed by atoms with Gasteiger partial charge in [0.15, 0.2) is 23.0 Å². The summed E-state index contributed by atoms with van der Waals surface area (Å²) >= 11 is 0. The summed E-state index contributed by atoms with van der Waals surface area (Å²) in [4.78, 5) is 26.1. The van der Waals surface area contributed by atoms with Crippen LogP contribution in [0.25, 0.3) is 10.9 Å². The van der Waals surface area contributed by atoms with Crippen molar-refractivity contribution >= 4 is 28.6 Å². The van der Waals surface area contributed by atoms with E-state index in [9.17, 15) is 4.79 Å². The Hall–Kier alpha value is -3.95. The molecule has 2 aliphatic heterocycles. The molecule has 10 nitrogen and oxygen atoms in total. The average Bonchev–Trinajstić information content (AvgIpc) is 2.89. The number of aromatic nitrogens is 2. The summed E-state index contributed by atoms with van der Waals surface area (Å²) in [6.45, 7) is 7.26. The van der Waals surface area contributed by atoms with E-state index in [1.54, 1.807) is 4.90 Å². The van der Waals surface area contributed by atoms with Crippen LogP contribution in [0.2, 0.25) is 0 Å². The number of para-hydroxylation sites is 2. The molecule has 184 valence electrons. The van der Waals surface area contributed by atoms with Gasteiger partial charge in [0.05, 0.1) is 18.7 Å². The Morgan fingerprint density at radius 2 is 1.71 bits per heavy atom. The Labute approximate surface area is 203 Å². The van der Waals surface area contributed by atoms with E-state index in [2.05, 4.69) is 4.98 Å². The topological polar surface area (TPSA) is 112 Å². The van der Waals surface area contributed by atoms with E-state index in [4.69, 9.17) is 29.7 Å². The molecule has 2 aromatic carbocycles. The zero-order valence-electron chi connectivity index (χ0n) is 19.9. The van der Waals surface area contributed by atoms with Gasteiger partial charge in [-0.05, 0) is 32.0 Å². The molecule has 1 unspecified atom stereocenters. The minimum Gasteiger partial charge on any atom is -0.490 e. The van der Waals surface area contributed by atoms with Crippen molar-refractivity contribution < 1.29 is 23.7 Å². The predicted octanol–water partition coefficient (Wildman–Crippen LogP) is 2.50. The second kappa shape index (κ2) is 9.73. The largest absolute Gasteiger partial charge is 0.490 e. The van der Waals surface area contributed by atoms with Crippen LogP contribution in [0.4, 0.5) is 11.8 Å². The first-order valence-corrected chi connectivity index (χ1v) is 11.9. The number of fused-ring (bicyclic) bond motifs is 2. The van der Waals surface area contributed by atoms with Crippen molar-refractivity contribution in [2.24, 2.45) is 0 Å². The molecule has 1 fully saturated rings. The summed E-state index contributed by atoms with van der Waals surface area (Å²) in [7, 11) is 0. The summed E-state index contributed by atoms with van der Waals surface area (Å²) in [5.74, 6) is 3.32. The van der Waals surface area contributed by atoms with E-state index < -0.39 is 6.10 Å². The van der Waals surface area contributed by atoms with Crippen molar-refractivity contribution in [1.29, 1.82) is 0 Å². The number of benzene rings is 2. The maximum Gasteiger partial charge on any atom is 0.267 e. The minimum atomic E-state index is -0.652. The molecule has 5 rings (SSSR count). The number of nitrogen functional groups attached to an aromatic ring is 1. The van der Waals surface area contributed by atoms with Gasteiger partial charge < -0.3 is 34.5 Å². The van der Waals surface area contributed by atoms with Gasteiger partial charge in [0, 0.05) is 37.6 Å². The fraction of sp³-hybridized carbons (Fsp3) is 0.400.